The molecule has 5 heteroatoms. The van der Waals surface area contributed by atoms with Crippen LogP contribution in [0.5, 0.6) is 0 Å². The van der Waals surface area contributed by atoms with Crippen LogP contribution in [0, 0.1) is 0 Å². The van der Waals surface area contributed by atoms with Crippen molar-refractivity contribution in [2.45, 2.75) is 6.42 Å². The van der Waals surface area contributed by atoms with Crippen LogP contribution in [0.2, 0.25) is 0 Å². The first kappa shape index (κ1) is 13.5. The molecule has 0 fully saturated rings. The summed E-state index contributed by atoms with van der Waals surface area (Å²) in [7, 11) is 2.10. The van der Waals surface area contributed by atoms with Gasteiger partial charge in [0.05, 0.1) is 11.2 Å². The third-order valence-corrected chi connectivity index (χ3v) is 4.58. The monoisotopic (exact) mass is 347 g/mol. The standard InChI is InChI=1S/C15H14BrN3S/c1-19(7-5-12-3-2-8-20-12)14-4-6-17-13-9-11(16)10-18-15(13)14/h2-4,6,8-10H,5,7H2,1H3. The maximum atomic E-state index is 4.50. The zero-order chi connectivity index (χ0) is 13.9. The van der Waals surface area contributed by atoms with Crippen LogP contribution in [-0.4, -0.2) is 23.6 Å². The number of nitrogens with zero attached hydrogens (tertiary/aromatic N) is 3. The summed E-state index contributed by atoms with van der Waals surface area (Å²) >= 11 is 5.24. The molecule has 0 bridgehead atoms. The summed E-state index contributed by atoms with van der Waals surface area (Å²) in [5.41, 5.74) is 2.99. The first-order valence-electron chi connectivity index (χ1n) is 6.38. The topological polar surface area (TPSA) is 29.0 Å². The second-order valence-corrected chi connectivity index (χ2v) is 6.55. The molecule has 0 saturated heterocycles. The summed E-state index contributed by atoms with van der Waals surface area (Å²) < 4.78 is 0.955. The molecular weight excluding hydrogens is 334 g/mol. The number of likely N-dealkylation sites (N-methyl/N-ethyl adjacent to an activating group) is 1. The highest BCUT2D eigenvalue weighted by Gasteiger charge is 2.08. The van der Waals surface area contributed by atoms with Gasteiger partial charge in [-0.2, -0.15) is 0 Å². The lowest BCUT2D eigenvalue weighted by molar-refractivity contribution is 0.889. The maximum absolute atomic E-state index is 4.50. The van der Waals surface area contributed by atoms with Crippen molar-refractivity contribution >= 4 is 44.0 Å². The Morgan fingerprint density at radius 1 is 1.30 bits per heavy atom. The van der Waals surface area contributed by atoms with E-state index in [0.29, 0.717) is 0 Å². The zero-order valence-electron chi connectivity index (χ0n) is 11.1. The predicted molar refractivity (Wildman–Crippen MR) is 88.5 cm³/mol. The third kappa shape index (κ3) is 2.83. The van der Waals surface area contributed by atoms with Crippen LogP contribution in [0.25, 0.3) is 11.0 Å². The van der Waals surface area contributed by atoms with Crippen LogP contribution in [0.15, 0.2) is 46.5 Å². The average Bonchev–Trinajstić information content (AvgIpc) is 2.97. The fourth-order valence-electron chi connectivity index (χ4n) is 2.15. The van der Waals surface area contributed by atoms with Crippen LogP contribution in [-0.2, 0) is 6.42 Å². The van der Waals surface area contributed by atoms with Gasteiger partial charge in [0.1, 0.15) is 5.52 Å². The number of aromatic nitrogens is 2. The fraction of sp³-hybridized carbons (Fsp3) is 0.200. The van der Waals surface area contributed by atoms with Crippen LogP contribution >= 0.6 is 27.3 Å². The molecule has 3 heterocycles. The molecule has 20 heavy (non-hydrogen) atoms. The Balaban J connectivity index is 1.85. The number of pyridine rings is 2. The van der Waals surface area contributed by atoms with E-state index in [1.165, 1.54) is 4.88 Å². The van der Waals surface area contributed by atoms with Gasteiger partial charge in [0.25, 0.3) is 0 Å². The van der Waals surface area contributed by atoms with Crippen molar-refractivity contribution in [1.29, 1.82) is 0 Å². The normalized spacial score (nSPS) is 10.9. The lowest BCUT2D eigenvalue weighted by Gasteiger charge is -2.20. The molecule has 102 valence electrons. The molecule has 0 aliphatic carbocycles. The first-order chi connectivity index (χ1) is 9.74. The van der Waals surface area contributed by atoms with Crippen molar-refractivity contribution in [3.05, 3.63) is 51.4 Å². The molecule has 3 aromatic rings. The van der Waals surface area contributed by atoms with E-state index in [0.717, 1.165) is 34.2 Å². The van der Waals surface area contributed by atoms with Crippen LogP contribution < -0.4 is 4.90 Å². The molecule has 0 aliphatic heterocycles. The van der Waals surface area contributed by atoms with E-state index in [2.05, 4.69) is 55.4 Å². The summed E-state index contributed by atoms with van der Waals surface area (Å²) in [4.78, 5) is 12.5. The Morgan fingerprint density at radius 2 is 2.20 bits per heavy atom. The van der Waals surface area contributed by atoms with Crippen molar-refractivity contribution < 1.29 is 0 Å². The van der Waals surface area contributed by atoms with Gasteiger partial charge in [-0.3, -0.25) is 9.97 Å². The van der Waals surface area contributed by atoms with Gasteiger partial charge in [-0.05, 0) is 45.9 Å². The number of halogens is 1. The highest BCUT2D eigenvalue weighted by Crippen LogP contribution is 2.24. The van der Waals surface area contributed by atoms with Gasteiger partial charge in [-0.25, -0.2) is 0 Å². The van der Waals surface area contributed by atoms with E-state index < -0.39 is 0 Å². The second-order valence-electron chi connectivity index (χ2n) is 4.60. The number of hydrogen-bond donors (Lipinski definition) is 0. The average molecular weight is 348 g/mol. The molecule has 0 aliphatic rings. The first-order valence-corrected chi connectivity index (χ1v) is 8.05. The molecule has 0 unspecified atom stereocenters. The summed E-state index contributed by atoms with van der Waals surface area (Å²) in [6.45, 7) is 0.970. The van der Waals surface area contributed by atoms with E-state index in [1.54, 1.807) is 11.3 Å². The fourth-order valence-corrected chi connectivity index (χ4v) is 3.17. The number of fused-ring (bicyclic) bond motifs is 1. The van der Waals surface area contributed by atoms with Crippen LogP contribution in [0.1, 0.15) is 4.88 Å². The SMILES string of the molecule is CN(CCc1cccs1)c1ccnc2cc(Br)cnc12. The van der Waals surface area contributed by atoms with E-state index >= 15 is 0 Å². The Morgan fingerprint density at radius 3 is 3.00 bits per heavy atom. The van der Waals surface area contributed by atoms with Gasteiger partial charge in [0.15, 0.2) is 0 Å². The van der Waals surface area contributed by atoms with E-state index in [4.69, 9.17) is 0 Å². The van der Waals surface area contributed by atoms with Crippen molar-refractivity contribution in [1.82, 2.24) is 9.97 Å². The van der Waals surface area contributed by atoms with Gasteiger partial charge >= 0.3 is 0 Å². The quantitative estimate of drug-likeness (QED) is 0.710. The molecule has 3 nitrogen and oxygen atoms in total. The summed E-state index contributed by atoms with van der Waals surface area (Å²) in [5, 5.41) is 2.12. The molecule has 3 rings (SSSR count). The molecule has 0 N–H and O–H groups in total. The van der Waals surface area contributed by atoms with Crippen molar-refractivity contribution in [2.24, 2.45) is 0 Å². The summed E-state index contributed by atoms with van der Waals surface area (Å²) in [5.74, 6) is 0. The zero-order valence-corrected chi connectivity index (χ0v) is 13.5. The Kier molecular flexibility index (Phi) is 3.98. The molecule has 0 spiro atoms. The number of thiophene rings is 1. The number of anilines is 1. The Hall–Kier alpha value is -1.46. The Labute approximate surface area is 130 Å². The van der Waals surface area contributed by atoms with Crippen LogP contribution in [0.3, 0.4) is 0 Å². The molecule has 0 saturated carbocycles. The largest absolute Gasteiger partial charge is 0.372 e. The highest BCUT2D eigenvalue weighted by molar-refractivity contribution is 9.10. The van der Waals surface area contributed by atoms with Gasteiger partial charge in [0, 0.05) is 35.3 Å². The van der Waals surface area contributed by atoms with Crippen molar-refractivity contribution in [2.75, 3.05) is 18.5 Å². The predicted octanol–water partition coefficient (Wildman–Crippen LogP) is 4.13. The maximum Gasteiger partial charge on any atom is 0.112 e. The minimum absolute atomic E-state index is 0.917. The number of hydrogen-bond acceptors (Lipinski definition) is 4. The molecule has 0 atom stereocenters. The molecule has 0 amide bonds. The van der Waals surface area contributed by atoms with Gasteiger partial charge in [-0.15, -0.1) is 11.3 Å². The highest BCUT2D eigenvalue weighted by atomic mass is 79.9. The van der Waals surface area contributed by atoms with Gasteiger partial charge < -0.3 is 4.90 Å². The van der Waals surface area contributed by atoms with Crippen molar-refractivity contribution in [3.63, 3.8) is 0 Å². The molecular formula is C15H14BrN3S. The van der Waals surface area contributed by atoms with Gasteiger partial charge in [0.2, 0.25) is 0 Å². The third-order valence-electron chi connectivity index (χ3n) is 3.21. The minimum atomic E-state index is 0.917. The lowest BCUT2D eigenvalue weighted by atomic mass is 10.2. The van der Waals surface area contributed by atoms with Crippen molar-refractivity contribution in [3.8, 4) is 0 Å². The molecule has 0 radical (unpaired) electrons. The molecule has 3 aromatic heterocycles. The summed E-state index contributed by atoms with van der Waals surface area (Å²) in [6, 6.07) is 8.30. The van der Waals surface area contributed by atoms with E-state index in [-0.39, 0.29) is 0 Å². The smallest absolute Gasteiger partial charge is 0.112 e. The lowest BCUT2D eigenvalue weighted by Crippen LogP contribution is -2.20. The van der Waals surface area contributed by atoms with E-state index in [9.17, 15) is 0 Å². The van der Waals surface area contributed by atoms with Gasteiger partial charge in [-0.1, -0.05) is 6.07 Å². The number of rotatable bonds is 4. The Bertz CT molecular complexity index is 712. The van der Waals surface area contributed by atoms with Crippen LogP contribution in [0.4, 0.5) is 5.69 Å². The minimum Gasteiger partial charge on any atom is -0.372 e. The molecule has 0 aromatic carbocycles. The van der Waals surface area contributed by atoms with E-state index in [1.807, 2.05) is 24.5 Å². The second kappa shape index (κ2) is 5.89. The summed E-state index contributed by atoms with van der Waals surface area (Å²) in [6.07, 6.45) is 4.71.